The summed E-state index contributed by atoms with van der Waals surface area (Å²) in [5.41, 5.74) is 1.08. The second-order valence-corrected chi connectivity index (χ2v) is 6.45. The zero-order chi connectivity index (χ0) is 14.1. The maximum Gasteiger partial charge on any atom is 0.191 e. The van der Waals surface area contributed by atoms with Crippen LogP contribution in [0.4, 0.5) is 0 Å². The van der Waals surface area contributed by atoms with Gasteiger partial charge in [0.2, 0.25) is 0 Å². The van der Waals surface area contributed by atoms with Crippen LogP contribution in [0, 0.1) is 0 Å². The third kappa shape index (κ3) is 2.96. The van der Waals surface area contributed by atoms with E-state index in [0.717, 1.165) is 29.3 Å². The first-order valence-corrected chi connectivity index (χ1v) is 8.04. The molecule has 0 radical (unpaired) electrons. The Hall–Kier alpha value is -0.750. The summed E-state index contributed by atoms with van der Waals surface area (Å²) < 4.78 is 2.04. The van der Waals surface area contributed by atoms with Crippen LogP contribution in [0.2, 0.25) is 10.0 Å². The third-order valence-electron chi connectivity index (χ3n) is 3.14. The number of nitrogens with zero attached hydrogens (tertiary/aromatic N) is 3. The molecule has 0 spiro atoms. The normalized spacial score (nSPS) is 14.8. The quantitative estimate of drug-likeness (QED) is 0.849. The highest BCUT2D eigenvalue weighted by molar-refractivity contribution is 7.98. The average molecular weight is 330 g/mol. The lowest BCUT2D eigenvalue weighted by molar-refractivity contribution is 0.263. The monoisotopic (exact) mass is 329 g/mol. The van der Waals surface area contributed by atoms with Gasteiger partial charge in [-0.05, 0) is 30.5 Å². The van der Waals surface area contributed by atoms with Crippen LogP contribution in [0.25, 0.3) is 0 Å². The van der Waals surface area contributed by atoms with Gasteiger partial charge in [-0.2, -0.15) is 0 Å². The van der Waals surface area contributed by atoms with Gasteiger partial charge >= 0.3 is 0 Å². The topological polar surface area (TPSA) is 50.9 Å². The van der Waals surface area contributed by atoms with Crippen molar-refractivity contribution in [1.29, 1.82) is 0 Å². The fourth-order valence-electron chi connectivity index (χ4n) is 1.99. The molecule has 7 heteroatoms. The van der Waals surface area contributed by atoms with Gasteiger partial charge in [0.05, 0.1) is 10.0 Å². The fraction of sp³-hybridized carbons (Fsp3) is 0.385. The molecule has 0 amide bonds. The Kier molecular flexibility index (Phi) is 4.21. The molecule has 0 bridgehead atoms. The van der Waals surface area contributed by atoms with Crippen LogP contribution < -0.4 is 0 Å². The predicted molar refractivity (Wildman–Crippen MR) is 80.2 cm³/mol. The molecule has 2 aromatic rings. The van der Waals surface area contributed by atoms with Crippen molar-refractivity contribution in [3.8, 4) is 0 Å². The Labute approximate surface area is 131 Å². The van der Waals surface area contributed by atoms with E-state index >= 15 is 0 Å². The van der Waals surface area contributed by atoms with Crippen molar-refractivity contribution in [3.05, 3.63) is 39.6 Å². The number of aromatic nitrogens is 3. The summed E-state index contributed by atoms with van der Waals surface area (Å²) in [5, 5.41) is 19.5. The zero-order valence-electron chi connectivity index (χ0n) is 10.6. The minimum atomic E-state index is -0.0726. The predicted octanol–water partition coefficient (Wildman–Crippen LogP) is 3.70. The van der Waals surface area contributed by atoms with E-state index in [1.807, 2.05) is 16.7 Å². The standard InChI is InChI=1S/C13H13Cl2N3OS/c14-10-4-1-8(5-11(10)15)7-20-13-17-16-12(6-19)18(13)9-2-3-9/h1,4-5,9,19H,2-3,6-7H2. The van der Waals surface area contributed by atoms with Crippen molar-refractivity contribution in [3.63, 3.8) is 0 Å². The van der Waals surface area contributed by atoms with E-state index < -0.39 is 0 Å². The first kappa shape index (κ1) is 14.2. The number of thioether (sulfide) groups is 1. The van der Waals surface area contributed by atoms with Crippen LogP contribution in [0.5, 0.6) is 0 Å². The maximum atomic E-state index is 9.30. The summed E-state index contributed by atoms with van der Waals surface area (Å²) in [6, 6.07) is 6.06. The largest absolute Gasteiger partial charge is 0.388 e. The first-order chi connectivity index (χ1) is 9.69. The molecule has 0 unspecified atom stereocenters. The third-order valence-corrected chi connectivity index (χ3v) is 4.89. The minimum Gasteiger partial charge on any atom is -0.388 e. The molecule has 20 heavy (non-hydrogen) atoms. The molecule has 1 heterocycles. The van der Waals surface area contributed by atoms with Gasteiger partial charge in [0.15, 0.2) is 11.0 Å². The second kappa shape index (κ2) is 5.93. The SMILES string of the molecule is OCc1nnc(SCc2ccc(Cl)c(Cl)c2)n1C1CC1. The number of benzene rings is 1. The summed E-state index contributed by atoms with van der Waals surface area (Å²) in [7, 11) is 0. The van der Waals surface area contributed by atoms with Crippen LogP contribution in [0.15, 0.2) is 23.4 Å². The summed E-state index contributed by atoms with van der Waals surface area (Å²) in [4.78, 5) is 0. The second-order valence-electron chi connectivity index (χ2n) is 4.70. The molecule has 106 valence electrons. The molecular formula is C13H13Cl2N3OS. The van der Waals surface area contributed by atoms with Gasteiger partial charge in [-0.3, -0.25) is 0 Å². The highest BCUT2D eigenvalue weighted by atomic mass is 35.5. The van der Waals surface area contributed by atoms with Crippen molar-refractivity contribution in [2.75, 3.05) is 0 Å². The van der Waals surface area contributed by atoms with Gasteiger partial charge in [0, 0.05) is 11.8 Å². The number of hydrogen-bond acceptors (Lipinski definition) is 4. The van der Waals surface area contributed by atoms with E-state index in [-0.39, 0.29) is 6.61 Å². The fourth-order valence-corrected chi connectivity index (χ4v) is 3.28. The Morgan fingerprint density at radius 2 is 2.05 bits per heavy atom. The van der Waals surface area contributed by atoms with E-state index in [2.05, 4.69) is 10.2 Å². The molecule has 1 aromatic carbocycles. The molecule has 1 fully saturated rings. The Morgan fingerprint density at radius 3 is 2.70 bits per heavy atom. The van der Waals surface area contributed by atoms with Crippen LogP contribution in [-0.2, 0) is 12.4 Å². The molecule has 0 atom stereocenters. The molecule has 4 nitrogen and oxygen atoms in total. The summed E-state index contributed by atoms with van der Waals surface area (Å²) in [6.07, 6.45) is 2.26. The van der Waals surface area contributed by atoms with E-state index in [9.17, 15) is 5.11 Å². The molecule has 1 saturated carbocycles. The Balaban J connectivity index is 1.75. The lowest BCUT2D eigenvalue weighted by Crippen LogP contribution is -2.02. The maximum absolute atomic E-state index is 9.30. The highest BCUT2D eigenvalue weighted by Crippen LogP contribution is 2.39. The van der Waals surface area contributed by atoms with Crippen LogP contribution in [0.1, 0.15) is 30.3 Å². The molecule has 0 aliphatic heterocycles. The lowest BCUT2D eigenvalue weighted by atomic mass is 10.2. The van der Waals surface area contributed by atoms with Crippen LogP contribution in [0.3, 0.4) is 0 Å². The van der Waals surface area contributed by atoms with Crippen molar-refractivity contribution in [2.45, 2.75) is 36.4 Å². The van der Waals surface area contributed by atoms with Gasteiger partial charge in [0.1, 0.15) is 6.61 Å². The van der Waals surface area contributed by atoms with Gasteiger partial charge in [0.25, 0.3) is 0 Å². The van der Waals surface area contributed by atoms with Crippen LogP contribution >= 0.6 is 35.0 Å². The molecule has 1 aliphatic carbocycles. The molecule has 1 aromatic heterocycles. The highest BCUT2D eigenvalue weighted by Gasteiger charge is 2.29. The van der Waals surface area contributed by atoms with Crippen molar-refractivity contribution >= 4 is 35.0 Å². The zero-order valence-corrected chi connectivity index (χ0v) is 12.9. The van der Waals surface area contributed by atoms with Crippen molar-refractivity contribution in [1.82, 2.24) is 14.8 Å². The van der Waals surface area contributed by atoms with Crippen molar-refractivity contribution in [2.24, 2.45) is 0 Å². The molecule has 3 rings (SSSR count). The number of aliphatic hydroxyl groups is 1. The minimum absolute atomic E-state index is 0.0726. The van der Waals surface area contributed by atoms with Crippen LogP contribution in [-0.4, -0.2) is 19.9 Å². The molecule has 1 N–H and O–H groups in total. The van der Waals surface area contributed by atoms with E-state index in [1.54, 1.807) is 17.8 Å². The molecule has 1 aliphatic rings. The Bertz CT molecular complexity index is 628. The number of halogens is 2. The number of hydrogen-bond donors (Lipinski definition) is 1. The van der Waals surface area contributed by atoms with Crippen molar-refractivity contribution < 1.29 is 5.11 Å². The Morgan fingerprint density at radius 1 is 1.25 bits per heavy atom. The van der Waals surface area contributed by atoms with E-state index in [0.29, 0.717) is 21.9 Å². The average Bonchev–Trinajstić information content (AvgIpc) is 3.20. The van der Waals surface area contributed by atoms with Gasteiger partial charge in [-0.15, -0.1) is 10.2 Å². The number of rotatable bonds is 5. The summed E-state index contributed by atoms with van der Waals surface area (Å²) in [5.74, 6) is 1.39. The van der Waals surface area contributed by atoms with E-state index in [4.69, 9.17) is 23.2 Å². The van der Waals surface area contributed by atoms with Gasteiger partial charge < -0.3 is 9.67 Å². The molecular weight excluding hydrogens is 317 g/mol. The first-order valence-electron chi connectivity index (χ1n) is 6.30. The van der Waals surface area contributed by atoms with Gasteiger partial charge in [-0.1, -0.05) is 41.0 Å². The summed E-state index contributed by atoms with van der Waals surface area (Å²) in [6.45, 7) is -0.0726. The lowest BCUT2D eigenvalue weighted by Gasteiger charge is -2.07. The van der Waals surface area contributed by atoms with Gasteiger partial charge in [-0.25, -0.2) is 0 Å². The smallest absolute Gasteiger partial charge is 0.191 e. The van der Waals surface area contributed by atoms with E-state index in [1.165, 1.54) is 0 Å². The number of aliphatic hydroxyl groups excluding tert-OH is 1. The molecule has 0 saturated heterocycles. The summed E-state index contributed by atoms with van der Waals surface area (Å²) >= 11 is 13.5.